The fourth-order valence-electron chi connectivity index (χ4n) is 4.65. The highest BCUT2D eigenvalue weighted by Crippen LogP contribution is 2.13. The van der Waals surface area contributed by atoms with Crippen LogP contribution in [0.4, 0.5) is 0 Å². The van der Waals surface area contributed by atoms with Crippen LogP contribution in [0.1, 0.15) is 118 Å². The Labute approximate surface area is 230 Å². The molecule has 2 N–H and O–H groups in total. The molecule has 0 fully saturated rings. The van der Waals surface area contributed by atoms with Crippen molar-refractivity contribution in [3.63, 3.8) is 0 Å². The summed E-state index contributed by atoms with van der Waals surface area (Å²) in [5, 5.41) is 12.7. The van der Waals surface area contributed by atoms with Gasteiger partial charge in [0.25, 0.3) is 0 Å². The largest absolute Gasteiger partial charge is 0.394 e. The Morgan fingerprint density at radius 3 is 1.89 bits per heavy atom. The predicted octanol–water partition coefficient (Wildman–Crippen LogP) is 7.97. The van der Waals surface area contributed by atoms with Crippen molar-refractivity contribution in [3.8, 4) is 0 Å². The number of benzene rings is 2. The quantitative estimate of drug-likeness (QED) is 0.0998. The molecular weight excluding hydrogens is 470 g/mol. The first-order valence-corrected chi connectivity index (χ1v) is 14.9. The van der Waals surface area contributed by atoms with E-state index in [0.29, 0.717) is 24.0 Å². The van der Waals surface area contributed by atoms with Crippen molar-refractivity contribution in [1.29, 1.82) is 0 Å². The number of aliphatic hydroxyl groups excluding tert-OH is 1. The van der Waals surface area contributed by atoms with E-state index in [2.05, 4.69) is 24.4 Å². The minimum Gasteiger partial charge on any atom is -0.394 e. The Morgan fingerprint density at radius 1 is 0.737 bits per heavy atom. The van der Waals surface area contributed by atoms with Crippen LogP contribution in [0.3, 0.4) is 0 Å². The van der Waals surface area contributed by atoms with E-state index < -0.39 is 0 Å². The first-order valence-electron chi connectivity index (χ1n) is 14.9. The number of rotatable bonds is 21. The summed E-state index contributed by atoms with van der Waals surface area (Å²) in [4.78, 5) is 24.9. The number of hydrogen-bond donors (Lipinski definition) is 2. The van der Waals surface area contributed by atoms with E-state index in [0.717, 1.165) is 31.2 Å². The number of unbranched alkanes of at least 4 members (excludes halogenated alkanes) is 11. The molecule has 0 aromatic heterocycles. The molecule has 2 rings (SSSR count). The predicted molar refractivity (Wildman–Crippen MR) is 158 cm³/mol. The Bertz CT molecular complexity index is 921. The summed E-state index contributed by atoms with van der Waals surface area (Å²) in [7, 11) is 0. The van der Waals surface area contributed by atoms with E-state index in [1.165, 1.54) is 57.8 Å². The summed E-state index contributed by atoms with van der Waals surface area (Å²) in [6.07, 6.45) is 21.8. The molecule has 0 unspecified atom stereocenters. The maximum Gasteiger partial charge on any atom is 0.220 e. The molecule has 4 nitrogen and oxygen atoms in total. The van der Waals surface area contributed by atoms with Crippen molar-refractivity contribution in [2.75, 3.05) is 6.61 Å². The number of amides is 1. The van der Waals surface area contributed by atoms with Crippen LogP contribution in [0.2, 0.25) is 0 Å². The van der Waals surface area contributed by atoms with Crippen LogP contribution in [0.15, 0.2) is 66.7 Å². The van der Waals surface area contributed by atoms with Crippen molar-refractivity contribution in [3.05, 3.63) is 83.4 Å². The molecule has 38 heavy (non-hydrogen) atoms. The highest BCUT2D eigenvalue weighted by Gasteiger charge is 2.13. The van der Waals surface area contributed by atoms with Crippen molar-refractivity contribution in [2.24, 2.45) is 0 Å². The summed E-state index contributed by atoms with van der Waals surface area (Å²) >= 11 is 0. The van der Waals surface area contributed by atoms with Gasteiger partial charge in [0.2, 0.25) is 5.91 Å². The second-order valence-corrected chi connectivity index (χ2v) is 10.4. The third kappa shape index (κ3) is 13.7. The van der Waals surface area contributed by atoms with Crippen molar-refractivity contribution >= 4 is 11.7 Å². The second-order valence-electron chi connectivity index (χ2n) is 10.4. The van der Waals surface area contributed by atoms with Gasteiger partial charge in [0.1, 0.15) is 0 Å². The first-order chi connectivity index (χ1) is 18.6. The summed E-state index contributed by atoms with van der Waals surface area (Å²) in [5.74, 6) is -0.0123. The van der Waals surface area contributed by atoms with Gasteiger partial charge in [-0.1, -0.05) is 125 Å². The van der Waals surface area contributed by atoms with E-state index in [1.54, 1.807) is 0 Å². The van der Waals surface area contributed by atoms with E-state index in [4.69, 9.17) is 0 Å². The Morgan fingerprint density at radius 2 is 1.29 bits per heavy atom. The summed E-state index contributed by atoms with van der Waals surface area (Å²) in [6, 6.07) is 16.3. The van der Waals surface area contributed by atoms with Crippen LogP contribution in [0.5, 0.6) is 0 Å². The molecule has 0 aliphatic rings. The molecule has 0 aliphatic heterocycles. The maximum absolute atomic E-state index is 12.6. The number of carbonyl (C=O) groups excluding carboxylic acids is 2. The third-order valence-electron chi connectivity index (χ3n) is 6.99. The van der Waals surface area contributed by atoms with Gasteiger partial charge in [-0.3, -0.25) is 9.59 Å². The fourth-order valence-corrected chi connectivity index (χ4v) is 4.65. The van der Waals surface area contributed by atoms with Crippen LogP contribution >= 0.6 is 0 Å². The van der Waals surface area contributed by atoms with Crippen LogP contribution in [-0.4, -0.2) is 29.4 Å². The number of ketones is 1. The van der Waals surface area contributed by atoms with Gasteiger partial charge in [0, 0.05) is 17.5 Å². The SMILES string of the molecule is CCCCCCCC/C=C\CCCCCCCC(=O)N[C@@H](CO)Cc1ccc(C(=O)c2ccccc2)cc1. The molecule has 4 heteroatoms. The molecule has 0 aliphatic carbocycles. The first kappa shape index (κ1) is 31.5. The van der Waals surface area contributed by atoms with E-state index in [9.17, 15) is 14.7 Å². The minimum atomic E-state index is -0.318. The van der Waals surface area contributed by atoms with Gasteiger partial charge >= 0.3 is 0 Å². The molecule has 0 heterocycles. The molecule has 0 spiro atoms. The minimum absolute atomic E-state index is 0.00227. The zero-order chi connectivity index (χ0) is 27.3. The Balaban J connectivity index is 1.53. The average Bonchev–Trinajstić information content (AvgIpc) is 2.95. The molecule has 0 radical (unpaired) electrons. The van der Waals surface area contributed by atoms with Gasteiger partial charge in [0.05, 0.1) is 12.6 Å². The molecule has 0 bridgehead atoms. The highest BCUT2D eigenvalue weighted by atomic mass is 16.3. The maximum atomic E-state index is 12.6. The van der Waals surface area contributed by atoms with Crippen LogP contribution in [0.25, 0.3) is 0 Å². The zero-order valence-corrected chi connectivity index (χ0v) is 23.5. The number of carbonyl (C=O) groups is 2. The second kappa shape index (κ2) is 20.3. The van der Waals surface area contributed by atoms with E-state index >= 15 is 0 Å². The molecule has 0 saturated heterocycles. The van der Waals surface area contributed by atoms with Crippen molar-refractivity contribution in [2.45, 2.75) is 109 Å². The van der Waals surface area contributed by atoms with Crippen LogP contribution < -0.4 is 5.32 Å². The summed E-state index contributed by atoms with van der Waals surface area (Å²) < 4.78 is 0. The lowest BCUT2D eigenvalue weighted by Gasteiger charge is -2.16. The normalized spacial score (nSPS) is 12.1. The van der Waals surface area contributed by atoms with Gasteiger partial charge in [-0.25, -0.2) is 0 Å². The van der Waals surface area contributed by atoms with Gasteiger partial charge in [-0.05, 0) is 44.1 Å². The average molecular weight is 520 g/mol. The molecule has 1 amide bonds. The standard InChI is InChI=1S/C34H49NO3/c1-2-3-4-5-6-7-8-9-10-11-12-13-14-15-19-22-33(37)35-32(28-36)27-29-23-25-31(26-24-29)34(38)30-20-17-16-18-21-30/h9-10,16-18,20-21,23-26,32,36H,2-8,11-15,19,22,27-28H2,1H3,(H,35,37)/b10-9-/t32-/m1/s1. The summed E-state index contributed by atoms with van der Waals surface area (Å²) in [5.41, 5.74) is 2.28. The molecular formula is C34H49NO3. The van der Waals surface area contributed by atoms with Gasteiger partial charge in [0.15, 0.2) is 5.78 Å². The Kier molecular flexibility index (Phi) is 16.8. The van der Waals surface area contributed by atoms with Gasteiger partial charge < -0.3 is 10.4 Å². The molecule has 0 saturated carbocycles. The van der Waals surface area contributed by atoms with E-state index in [1.807, 2.05) is 54.6 Å². The fraction of sp³-hybridized carbons (Fsp3) is 0.529. The monoisotopic (exact) mass is 519 g/mol. The number of aliphatic hydroxyl groups is 1. The number of allylic oxidation sites excluding steroid dienone is 2. The van der Waals surface area contributed by atoms with Crippen molar-refractivity contribution < 1.29 is 14.7 Å². The van der Waals surface area contributed by atoms with Crippen molar-refractivity contribution in [1.82, 2.24) is 5.32 Å². The summed E-state index contributed by atoms with van der Waals surface area (Å²) in [6.45, 7) is 2.15. The van der Waals surface area contributed by atoms with E-state index in [-0.39, 0.29) is 24.3 Å². The lowest BCUT2D eigenvalue weighted by atomic mass is 9.99. The van der Waals surface area contributed by atoms with Gasteiger partial charge in [-0.2, -0.15) is 0 Å². The smallest absolute Gasteiger partial charge is 0.220 e. The molecule has 208 valence electrons. The highest BCUT2D eigenvalue weighted by molar-refractivity contribution is 6.08. The number of nitrogens with one attached hydrogen (secondary N) is 1. The Hall–Kier alpha value is -2.72. The van der Waals surface area contributed by atoms with Crippen LogP contribution in [0, 0.1) is 0 Å². The molecule has 2 aromatic rings. The topological polar surface area (TPSA) is 66.4 Å². The molecule has 1 atom stereocenters. The molecule has 2 aromatic carbocycles. The van der Waals surface area contributed by atoms with Gasteiger partial charge in [-0.15, -0.1) is 0 Å². The lowest BCUT2D eigenvalue weighted by Crippen LogP contribution is -2.39. The number of hydrogen-bond acceptors (Lipinski definition) is 3. The van der Waals surface area contributed by atoms with Crippen LogP contribution in [-0.2, 0) is 11.2 Å². The third-order valence-corrected chi connectivity index (χ3v) is 6.99. The lowest BCUT2D eigenvalue weighted by molar-refractivity contribution is -0.122. The zero-order valence-electron chi connectivity index (χ0n) is 23.5.